The monoisotopic (exact) mass is 302 g/mol. The lowest BCUT2D eigenvalue weighted by Gasteiger charge is -2.06. The van der Waals surface area contributed by atoms with Gasteiger partial charge in [-0.15, -0.1) is 0 Å². The van der Waals surface area contributed by atoms with Crippen LogP contribution in [-0.2, 0) is 19.3 Å². The molecule has 0 spiro atoms. The van der Waals surface area contributed by atoms with Crippen molar-refractivity contribution in [2.24, 2.45) is 0 Å². The van der Waals surface area contributed by atoms with E-state index in [1.807, 2.05) is 13.8 Å². The van der Waals surface area contributed by atoms with E-state index in [2.05, 4.69) is 52.0 Å². The number of allylic oxidation sites excluding steroid dienone is 2. The van der Waals surface area contributed by atoms with Gasteiger partial charge in [0.1, 0.15) is 0 Å². The molecule has 0 radical (unpaired) electrons. The number of hydrogen-bond donors (Lipinski definition) is 0. The van der Waals surface area contributed by atoms with Crippen LogP contribution in [0.3, 0.4) is 0 Å². The van der Waals surface area contributed by atoms with Crippen LogP contribution in [-0.4, -0.2) is 0 Å². The third kappa shape index (κ3) is 7.82. The first kappa shape index (κ1) is 21.0. The van der Waals surface area contributed by atoms with Crippen LogP contribution in [0, 0.1) is 0 Å². The lowest BCUT2D eigenvalue weighted by atomic mass is 9.99. The summed E-state index contributed by atoms with van der Waals surface area (Å²) < 4.78 is 0. The summed E-state index contributed by atoms with van der Waals surface area (Å²) in [6.45, 7) is 12.7. The van der Waals surface area contributed by atoms with Crippen molar-refractivity contribution < 1.29 is 0 Å². The summed E-state index contributed by atoms with van der Waals surface area (Å²) in [5.41, 5.74) is 6.28. The van der Waals surface area contributed by atoms with E-state index >= 15 is 0 Å². The molecule has 0 heteroatoms. The van der Waals surface area contributed by atoms with Gasteiger partial charge >= 0.3 is 0 Å². The molecular weight excluding hydrogens is 264 g/mol. The van der Waals surface area contributed by atoms with E-state index in [1.54, 1.807) is 16.7 Å². The first-order valence-corrected chi connectivity index (χ1v) is 9.49. The maximum atomic E-state index is 2.42. The quantitative estimate of drug-likeness (QED) is 0.406. The SMILES string of the molecule is CC.CC=C(CC)CC.CCc1ccc2c(c1)CCCCC2. The standard InChI is InChI=1S/C13H18.C7H14.C2H6/c1-2-11-8-9-12-6-4-3-5-7-13(12)10-11;1-4-7(5-2)6-3;1-2/h8-10H,2-7H2,1H3;4H,5-6H2,1-3H3;1-2H3. The first-order valence-electron chi connectivity index (χ1n) is 9.49. The molecule has 0 aliphatic heterocycles. The molecule has 1 aliphatic rings. The molecule has 0 atom stereocenters. The molecule has 0 N–H and O–H groups in total. The summed E-state index contributed by atoms with van der Waals surface area (Å²) in [7, 11) is 0. The van der Waals surface area contributed by atoms with Crippen molar-refractivity contribution in [1.29, 1.82) is 0 Å². The smallest absolute Gasteiger partial charge is 0.0276 e. The van der Waals surface area contributed by atoms with E-state index < -0.39 is 0 Å². The molecule has 0 unspecified atom stereocenters. The number of aryl methyl sites for hydroxylation is 3. The molecule has 126 valence electrons. The molecule has 22 heavy (non-hydrogen) atoms. The minimum absolute atomic E-state index is 1.17. The van der Waals surface area contributed by atoms with E-state index in [-0.39, 0.29) is 0 Å². The topological polar surface area (TPSA) is 0 Å². The fourth-order valence-corrected chi connectivity index (χ4v) is 2.84. The Hall–Kier alpha value is -1.04. The highest BCUT2D eigenvalue weighted by Crippen LogP contribution is 2.21. The molecule has 0 bridgehead atoms. The van der Waals surface area contributed by atoms with Gasteiger partial charge < -0.3 is 0 Å². The second-order valence-electron chi connectivity index (χ2n) is 5.67. The molecule has 0 saturated carbocycles. The van der Waals surface area contributed by atoms with Crippen LogP contribution >= 0.6 is 0 Å². The second kappa shape index (κ2) is 13.6. The van der Waals surface area contributed by atoms with Gasteiger partial charge in [0, 0.05) is 0 Å². The van der Waals surface area contributed by atoms with Crippen LogP contribution in [0.25, 0.3) is 0 Å². The highest BCUT2D eigenvalue weighted by atomic mass is 14.1. The maximum Gasteiger partial charge on any atom is -0.0276 e. The van der Waals surface area contributed by atoms with Crippen molar-refractivity contribution in [3.05, 3.63) is 46.5 Å². The Morgan fingerprint density at radius 3 is 1.95 bits per heavy atom. The first-order chi connectivity index (χ1) is 10.7. The average molecular weight is 303 g/mol. The fourth-order valence-electron chi connectivity index (χ4n) is 2.84. The van der Waals surface area contributed by atoms with Gasteiger partial charge in [-0.1, -0.05) is 70.9 Å². The summed E-state index contributed by atoms with van der Waals surface area (Å²) in [6.07, 6.45) is 12.6. The zero-order valence-electron chi connectivity index (χ0n) is 16.0. The molecule has 1 aromatic carbocycles. The van der Waals surface area contributed by atoms with Crippen LogP contribution in [0.4, 0.5) is 0 Å². The van der Waals surface area contributed by atoms with E-state index in [0.29, 0.717) is 0 Å². The molecule has 2 rings (SSSR count). The van der Waals surface area contributed by atoms with Crippen molar-refractivity contribution in [2.75, 3.05) is 0 Å². The Balaban J connectivity index is 0.000000421. The predicted octanol–water partition coefficient (Wildman–Crippen LogP) is 7.30. The Morgan fingerprint density at radius 1 is 0.909 bits per heavy atom. The van der Waals surface area contributed by atoms with Gasteiger partial charge in [-0.3, -0.25) is 0 Å². The molecule has 1 aliphatic carbocycles. The van der Waals surface area contributed by atoms with Crippen molar-refractivity contribution in [3.8, 4) is 0 Å². The molecule has 0 amide bonds. The third-order valence-electron chi connectivity index (χ3n) is 4.39. The number of fused-ring (bicyclic) bond motifs is 1. The summed E-state index contributed by atoms with van der Waals surface area (Å²) in [6, 6.07) is 7.06. The van der Waals surface area contributed by atoms with Gasteiger partial charge in [0.15, 0.2) is 0 Å². The van der Waals surface area contributed by atoms with Crippen LogP contribution in [0.2, 0.25) is 0 Å². The molecule has 0 fully saturated rings. The van der Waals surface area contributed by atoms with Gasteiger partial charge in [-0.2, -0.15) is 0 Å². The minimum Gasteiger partial charge on any atom is -0.0885 e. The molecular formula is C22H38. The second-order valence-corrected chi connectivity index (χ2v) is 5.67. The molecule has 0 nitrogen and oxygen atoms in total. The van der Waals surface area contributed by atoms with Crippen LogP contribution < -0.4 is 0 Å². The molecule has 0 saturated heterocycles. The highest BCUT2D eigenvalue weighted by molar-refractivity contribution is 5.33. The average Bonchev–Trinajstić information content (AvgIpc) is 2.83. The predicted molar refractivity (Wildman–Crippen MR) is 103 cm³/mol. The zero-order valence-corrected chi connectivity index (χ0v) is 16.0. The summed E-state index contributed by atoms with van der Waals surface area (Å²) in [5.74, 6) is 0. The summed E-state index contributed by atoms with van der Waals surface area (Å²) in [4.78, 5) is 0. The van der Waals surface area contributed by atoms with E-state index in [0.717, 1.165) is 0 Å². The van der Waals surface area contributed by atoms with E-state index in [4.69, 9.17) is 0 Å². The van der Waals surface area contributed by atoms with Crippen molar-refractivity contribution in [2.45, 2.75) is 92.9 Å². The molecule has 0 heterocycles. The van der Waals surface area contributed by atoms with Crippen LogP contribution in [0.15, 0.2) is 29.8 Å². The Kier molecular flexibility index (Phi) is 13.0. The number of benzene rings is 1. The normalized spacial score (nSPS) is 12.6. The molecule has 0 aromatic heterocycles. The van der Waals surface area contributed by atoms with Crippen LogP contribution in [0.5, 0.6) is 0 Å². The van der Waals surface area contributed by atoms with Crippen molar-refractivity contribution in [3.63, 3.8) is 0 Å². The Labute approximate surface area is 140 Å². The third-order valence-corrected chi connectivity index (χ3v) is 4.39. The van der Waals surface area contributed by atoms with Crippen LogP contribution in [0.1, 0.15) is 90.3 Å². The van der Waals surface area contributed by atoms with Gasteiger partial charge in [0.05, 0.1) is 0 Å². The lowest BCUT2D eigenvalue weighted by molar-refractivity contribution is 0.711. The lowest BCUT2D eigenvalue weighted by Crippen LogP contribution is -1.92. The summed E-state index contributed by atoms with van der Waals surface area (Å²) in [5, 5.41) is 0. The molecule has 1 aromatic rings. The summed E-state index contributed by atoms with van der Waals surface area (Å²) >= 11 is 0. The minimum atomic E-state index is 1.17. The van der Waals surface area contributed by atoms with E-state index in [9.17, 15) is 0 Å². The Morgan fingerprint density at radius 2 is 1.50 bits per heavy atom. The van der Waals surface area contributed by atoms with E-state index in [1.165, 1.54) is 56.9 Å². The fraction of sp³-hybridized carbons (Fsp3) is 0.636. The highest BCUT2D eigenvalue weighted by Gasteiger charge is 2.07. The van der Waals surface area contributed by atoms with Gasteiger partial charge in [-0.05, 0) is 68.6 Å². The maximum absolute atomic E-state index is 2.42. The number of hydrogen-bond acceptors (Lipinski definition) is 0. The van der Waals surface area contributed by atoms with Gasteiger partial charge in [-0.25, -0.2) is 0 Å². The zero-order chi connectivity index (χ0) is 16.8. The van der Waals surface area contributed by atoms with Crippen molar-refractivity contribution in [1.82, 2.24) is 0 Å². The van der Waals surface area contributed by atoms with Gasteiger partial charge in [0.25, 0.3) is 0 Å². The van der Waals surface area contributed by atoms with Crippen molar-refractivity contribution >= 4 is 0 Å². The Bertz CT molecular complexity index is 406. The van der Waals surface area contributed by atoms with Gasteiger partial charge in [0.2, 0.25) is 0 Å². The largest absolute Gasteiger partial charge is 0.0885 e. The number of rotatable bonds is 3.